The van der Waals surface area contributed by atoms with Crippen molar-refractivity contribution in [3.63, 3.8) is 0 Å². The van der Waals surface area contributed by atoms with Crippen LogP contribution in [0.4, 0.5) is 11.4 Å². The van der Waals surface area contributed by atoms with E-state index in [0.717, 1.165) is 48.3 Å². The van der Waals surface area contributed by atoms with Crippen molar-refractivity contribution in [2.45, 2.75) is 6.42 Å². The van der Waals surface area contributed by atoms with Crippen LogP contribution in [-0.4, -0.2) is 43.1 Å². The molecule has 0 saturated carbocycles. The van der Waals surface area contributed by atoms with E-state index in [-0.39, 0.29) is 0 Å². The molecule has 100 valence electrons. The SMILES string of the molecule is CN1CCCN(c2ccc3cnccc3c2N)CC1. The molecule has 2 aromatic rings. The number of hydrogen-bond acceptors (Lipinski definition) is 4. The molecule has 4 nitrogen and oxygen atoms in total. The summed E-state index contributed by atoms with van der Waals surface area (Å²) < 4.78 is 0. The van der Waals surface area contributed by atoms with Crippen LogP contribution in [0.2, 0.25) is 0 Å². The lowest BCUT2D eigenvalue weighted by Gasteiger charge is -2.25. The average molecular weight is 256 g/mol. The number of hydrogen-bond donors (Lipinski definition) is 1. The number of nitrogens with zero attached hydrogens (tertiary/aromatic N) is 3. The lowest BCUT2D eigenvalue weighted by molar-refractivity contribution is 0.360. The summed E-state index contributed by atoms with van der Waals surface area (Å²) >= 11 is 0. The highest BCUT2D eigenvalue weighted by atomic mass is 15.2. The molecular weight excluding hydrogens is 236 g/mol. The first-order valence-corrected chi connectivity index (χ1v) is 6.81. The minimum Gasteiger partial charge on any atom is -0.397 e. The highest BCUT2D eigenvalue weighted by molar-refractivity contribution is 5.98. The second kappa shape index (κ2) is 5.05. The smallest absolute Gasteiger partial charge is 0.0632 e. The molecule has 3 rings (SSSR count). The first-order valence-electron chi connectivity index (χ1n) is 6.81. The summed E-state index contributed by atoms with van der Waals surface area (Å²) in [5.41, 5.74) is 8.39. The number of likely N-dealkylation sites (N-methyl/N-ethyl adjacent to an activating group) is 1. The van der Waals surface area contributed by atoms with Gasteiger partial charge in [0.1, 0.15) is 0 Å². The van der Waals surface area contributed by atoms with Crippen LogP contribution in [0.15, 0.2) is 30.6 Å². The predicted molar refractivity (Wildman–Crippen MR) is 80.5 cm³/mol. The molecular formula is C15H20N4. The van der Waals surface area contributed by atoms with E-state index in [2.05, 4.69) is 34.0 Å². The van der Waals surface area contributed by atoms with Crippen LogP contribution in [0.3, 0.4) is 0 Å². The fraction of sp³-hybridized carbons (Fsp3) is 0.400. The van der Waals surface area contributed by atoms with Gasteiger partial charge in [0.05, 0.1) is 11.4 Å². The Bertz CT molecular complexity index is 581. The minimum atomic E-state index is 0.879. The first kappa shape index (κ1) is 12.2. The van der Waals surface area contributed by atoms with Gasteiger partial charge in [-0.3, -0.25) is 4.98 Å². The first-order chi connectivity index (χ1) is 9.25. The van der Waals surface area contributed by atoms with Gasteiger partial charge in [0, 0.05) is 42.8 Å². The van der Waals surface area contributed by atoms with Crippen molar-refractivity contribution in [1.82, 2.24) is 9.88 Å². The predicted octanol–water partition coefficient (Wildman–Crippen LogP) is 1.96. The van der Waals surface area contributed by atoms with Gasteiger partial charge in [-0.1, -0.05) is 6.07 Å². The van der Waals surface area contributed by atoms with E-state index in [1.807, 2.05) is 12.3 Å². The lowest BCUT2D eigenvalue weighted by atomic mass is 10.1. The van der Waals surface area contributed by atoms with Gasteiger partial charge in [-0.15, -0.1) is 0 Å². The van der Waals surface area contributed by atoms with Gasteiger partial charge < -0.3 is 15.5 Å². The van der Waals surface area contributed by atoms with Crippen molar-refractivity contribution in [2.75, 3.05) is 43.9 Å². The molecule has 2 heterocycles. The molecule has 2 N–H and O–H groups in total. The van der Waals surface area contributed by atoms with E-state index >= 15 is 0 Å². The van der Waals surface area contributed by atoms with E-state index < -0.39 is 0 Å². The Labute approximate surface area is 113 Å². The molecule has 1 aromatic heterocycles. The summed E-state index contributed by atoms with van der Waals surface area (Å²) in [6.45, 7) is 4.37. The summed E-state index contributed by atoms with van der Waals surface area (Å²) in [7, 11) is 2.18. The van der Waals surface area contributed by atoms with Gasteiger partial charge in [0.15, 0.2) is 0 Å². The summed E-state index contributed by atoms with van der Waals surface area (Å²) in [6.07, 6.45) is 4.86. The highest BCUT2D eigenvalue weighted by Gasteiger charge is 2.15. The molecule has 0 spiro atoms. The molecule has 19 heavy (non-hydrogen) atoms. The Morgan fingerprint density at radius 2 is 2.00 bits per heavy atom. The number of fused-ring (bicyclic) bond motifs is 1. The number of pyridine rings is 1. The van der Waals surface area contributed by atoms with E-state index in [1.165, 1.54) is 6.42 Å². The van der Waals surface area contributed by atoms with Crippen LogP contribution >= 0.6 is 0 Å². The van der Waals surface area contributed by atoms with E-state index in [0.29, 0.717) is 0 Å². The van der Waals surface area contributed by atoms with Gasteiger partial charge in [0.2, 0.25) is 0 Å². The number of rotatable bonds is 1. The Morgan fingerprint density at radius 1 is 1.11 bits per heavy atom. The van der Waals surface area contributed by atoms with Gasteiger partial charge in [0.25, 0.3) is 0 Å². The fourth-order valence-electron chi connectivity index (χ4n) is 2.74. The summed E-state index contributed by atoms with van der Waals surface area (Å²) in [5, 5.41) is 2.21. The van der Waals surface area contributed by atoms with Crippen LogP contribution in [-0.2, 0) is 0 Å². The van der Waals surface area contributed by atoms with Gasteiger partial charge in [-0.25, -0.2) is 0 Å². The van der Waals surface area contributed by atoms with Crippen LogP contribution in [0.5, 0.6) is 0 Å². The number of benzene rings is 1. The maximum Gasteiger partial charge on any atom is 0.0632 e. The fourth-order valence-corrected chi connectivity index (χ4v) is 2.74. The van der Waals surface area contributed by atoms with Crippen molar-refractivity contribution in [3.05, 3.63) is 30.6 Å². The molecule has 1 saturated heterocycles. The topological polar surface area (TPSA) is 45.4 Å². The van der Waals surface area contributed by atoms with E-state index in [1.54, 1.807) is 6.20 Å². The zero-order valence-electron chi connectivity index (χ0n) is 11.3. The third kappa shape index (κ3) is 2.36. The molecule has 0 amide bonds. The standard InChI is InChI=1S/C15H20N4/c1-18-7-2-8-19(10-9-18)14-4-3-12-11-17-6-5-13(12)15(14)16/h3-6,11H,2,7-10,16H2,1H3. The lowest BCUT2D eigenvalue weighted by Crippen LogP contribution is -2.29. The van der Waals surface area contributed by atoms with Gasteiger partial charge in [-0.2, -0.15) is 0 Å². The summed E-state index contributed by atoms with van der Waals surface area (Å²) in [4.78, 5) is 8.92. The molecule has 0 atom stereocenters. The van der Waals surface area contributed by atoms with Gasteiger partial charge >= 0.3 is 0 Å². The third-order valence-electron chi connectivity index (χ3n) is 3.90. The average Bonchev–Trinajstić information content (AvgIpc) is 2.65. The van der Waals surface area contributed by atoms with Gasteiger partial charge in [-0.05, 0) is 32.1 Å². The number of nitrogens with two attached hydrogens (primary N) is 1. The second-order valence-electron chi connectivity index (χ2n) is 5.24. The number of nitrogen functional groups attached to an aromatic ring is 1. The normalized spacial score (nSPS) is 17.6. The van der Waals surface area contributed by atoms with E-state index in [4.69, 9.17) is 5.73 Å². The molecule has 1 aliphatic heterocycles. The zero-order chi connectivity index (χ0) is 13.2. The van der Waals surface area contributed by atoms with Crippen LogP contribution in [0.1, 0.15) is 6.42 Å². The maximum atomic E-state index is 6.35. The molecule has 1 aliphatic rings. The Hall–Kier alpha value is -1.81. The van der Waals surface area contributed by atoms with Crippen molar-refractivity contribution < 1.29 is 0 Å². The van der Waals surface area contributed by atoms with Crippen molar-refractivity contribution in [2.24, 2.45) is 0 Å². The molecule has 4 heteroatoms. The molecule has 0 unspecified atom stereocenters. The molecule has 0 radical (unpaired) electrons. The third-order valence-corrected chi connectivity index (χ3v) is 3.90. The largest absolute Gasteiger partial charge is 0.397 e. The molecule has 0 bridgehead atoms. The molecule has 1 aromatic carbocycles. The van der Waals surface area contributed by atoms with Crippen LogP contribution in [0, 0.1) is 0 Å². The van der Waals surface area contributed by atoms with Crippen molar-refractivity contribution >= 4 is 22.1 Å². The minimum absolute atomic E-state index is 0.879. The Kier molecular flexibility index (Phi) is 3.25. The van der Waals surface area contributed by atoms with Crippen molar-refractivity contribution in [3.8, 4) is 0 Å². The quantitative estimate of drug-likeness (QED) is 0.792. The summed E-state index contributed by atoms with van der Waals surface area (Å²) in [5.74, 6) is 0. The monoisotopic (exact) mass is 256 g/mol. The van der Waals surface area contributed by atoms with E-state index in [9.17, 15) is 0 Å². The highest BCUT2D eigenvalue weighted by Crippen LogP contribution is 2.31. The summed E-state index contributed by atoms with van der Waals surface area (Å²) in [6, 6.07) is 6.24. The number of anilines is 2. The molecule has 1 fully saturated rings. The second-order valence-corrected chi connectivity index (χ2v) is 5.24. The molecule has 0 aliphatic carbocycles. The maximum absolute atomic E-state index is 6.35. The van der Waals surface area contributed by atoms with Crippen LogP contribution in [0.25, 0.3) is 10.8 Å². The Morgan fingerprint density at radius 3 is 2.89 bits per heavy atom. The van der Waals surface area contributed by atoms with Crippen molar-refractivity contribution in [1.29, 1.82) is 0 Å². The zero-order valence-corrected chi connectivity index (χ0v) is 11.3. The Balaban J connectivity index is 1.98. The number of aromatic nitrogens is 1. The van der Waals surface area contributed by atoms with Crippen LogP contribution < -0.4 is 10.6 Å².